The molecule has 0 saturated heterocycles. The van der Waals surface area contributed by atoms with Crippen molar-refractivity contribution in [3.8, 4) is 5.75 Å². The fourth-order valence-corrected chi connectivity index (χ4v) is 3.09. The van der Waals surface area contributed by atoms with E-state index in [1.807, 2.05) is 18.2 Å². The van der Waals surface area contributed by atoms with Gasteiger partial charge in [-0.2, -0.15) is 12.6 Å². The molecule has 0 heterocycles. The molecule has 0 N–H and O–H groups in total. The summed E-state index contributed by atoms with van der Waals surface area (Å²) in [5.74, 6) is 1.78. The average Bonchev–Trinajstić information content (AvgIpc) is 2.48. The summed E-state index contributed by atoms with van der Waals surface area (Å²) >= 11 is 4.56. The summed E-state index contributed by atoms with van der Waals surface area (Å²) in [5, 5.41) is 0. The molecule has 0 saturated carbocycles. The second-order valence-corrected chi connectivity index (χ2v) is 5.82. The second-order valence-electron chi connectivity index (χ2n) is 5.50. The SMILES string of the molecule is CCCC(CS)(CCC)COCc1cccc(OC)c1. The zero-order chi connectivity index (χ0) is 14.8. The monoisotopic (exact) mass is 296 g/mol. The van der Waals surface area contributed by atoms with Crippen LogP contribution in [0.1, 0.15) is 45.1 Å². The molecule has 3 heteroatoms. The molecule has 0 unspecified atom stereocenters. The van der Waals surface area contributed by atoms with Gasteiger partial charge in [0.15, 0.2) is 0 Å². The van der Waals surface area contributed by atoms with Crippen LogP contribution in [0.3, 0.4) is 0 Å². The van der Waals surface area contributed by atoms with Crippen molar-refractivity contribution >= 4 is 12.6 Å². The molecule has 0 atom stereocenters. The molecule has 20 heavy (non-hydrogen) atoms. The number of methoxy groups -OCH3 is 1. The van der Waals surface area contributed by atoms with Crippen LogP contribution in [-0.4, -0.2) is 19.5 Å². The van der Waals surface area contributed by atoms with E-state index in [0.29, 0.717) is 6.61 Å². The van der Waals surface area contributed by atoms with Gasteiger partial charge in [0.2, 0.25) is 0 Å². The predicted molar refractivity (Wildman–Crippen MR) is 88.8 cm³/mol. The van der Waals surface area contributed by atoms with E-state index in [1.165, 1.54) is 25.7 Å². The second kappa shape index (κ2) is 9.30. The maximum atomic E-state index is 5.98. The van der Waals surface area contributed by atoms with Gasteiger partial charge in [-0.1, -0.05) is 38.8 Å². The van der Waals surface area contributed by atoms with E-state index < -0.39 is 0 Å². The van der Waals surface area contributed by atoms with Gasteiger partial charge in [-0.15, -0.1) is 0 Å². The predicted octanol–water partition coefficient (Wildman–Crippen LogP) is 4.73. The van der Waals surface area contributed by atoms with Gasteiger partial charge in [-0.25, -0.2) is 0 Å². The van der Waals surface area contributed by atoms with Crippen LogP contribution in [0.15, 0.2) is 24.3 Å². The standard InChI is InChI=1S/C17H28O2S/c1-4-9-17(14-20,10-5-2)13-19-12-15-7-6-8-16(11-15)18-3/h6-8,11,20H,4-5,9-10,12-14H2,1-3H3. The van der Waals surface area contributed by atoms with Gasteiger partial charge < -0.3 is 9.47 Å². The van der Waals surface area contributed by atoms with Crippen molar-refractivity contribution < 1.29 is 9.47 Å². The highest BCUT2D eigenvalue weighted by molar-refractivity contribution is 7.80. The highest BCUT2D eigenvalue weighted by Gasteiger charge is 2.27. The van der Waals surface area contributed by atoms with E-state index in [1.54, 1.807) is 7.11 Å². The van der Waals surface area contributed by atoms with E-state index in [-0.39, 0.29) is 5.41 Å². The normalized spacial score (nSPS) is 11.6. The summed E-state index contributed by atoms with van der Waals surface area (Å²) in [7, 11) is 1.69. The molecular weight excluding hydrogens is 268 g/mol. The number of ether oxygens (including phenoxy) is 2. The highest BCUT2D eigenvalue weighted by atomic mass is 32.1. The summed E-state index contributed by atoms with van der Waals surface area (Å²) in [6.07, 6.45) is 4.73. The minimum atomic E-state index is 0.228. The third kappa shape index (κ3) is 5.37. The van der Waals surface area contributed by atoms with Crippen molar-refractivity contribution in [2.45, 2.75) is 46.1 Å². The molecule has 0 bridgehead atoms. The lowest BCUT2D eigenvalue weighted by Crippen LogP contribution is -2.29. The molecule has 0 aromatic heterocycles. The van der Waals surface area contributed by atoms with Crippen molar-refractivity contribution in [2.75, 3.05) is 19.5 Å². The van der Waals surface area contributed by atoms with Crippen LogP contribution in [0.25, 0.3) is 0 Å². The molecule has 0 radical (unpaired) electrons. The van der Waals surface area contributed by atoms with Crippen molar-refractivity contribution in [1.29, 1.82) is 0 Å². The van der Waals surface area contributed by atoms with E-state index in [9.17, 15) is 0 Å². The van der Waals surface area contributed by atoms with Gasteiger partial charge in [-0.05, 0) is 36.3 Å². The topological polar surface area (TPSA) is 18.5 Å². The maximum absolute atomic E-state index is 5.98. The van der Waals surface area contributed by atoms with Gasteiger partial charge in [0.25, 0.3) is 0 Å². The van der Waals surface area contributed by atoms with Gasteiger partial charge >= 0.3 is 0 Å². The van der Waals surface area contributed by atoms with Crippen LogP contribution >= 0.6 is 12.6 Å². The Hall–Kier alpha value is -0.670. The number of rotatable bonds is 10. The zero-order valence-electron chi connectivity index (χ0n) is 13.0. The largest absolute Gasteiger partial charge is 0.497 e. The molecule has 0 aliphatic heterocycles. The smallest absolute Gasteiger partial charge is 0.119 e. The lowest BCUT2D eigenvalue weighted by molar-refractivity contribution is 0.0349. The maximum Gasteiger partial charge on any atom is 0.119 e. The molecule has 0 aliphatic carbocycles. The first-order valence-corrected chi connectivity index (χ1v) is 8.14. The van der Waals surface area contributed by atoms with Crippen LogP contribution in [0, 0.1) is 5.41 Å². The minimum absolute atomic E-state index is 0.228. The number of benzene rings is 1. The lowest BCUT2D eigenvalue weighted by Gasteiger charge is -2.31. The van der Waals surface area contributed by atoms with Crippen molar-refractivity contribution in [3.05, 3.63) is 29.8 Å². The minimum Gasteiger partial charge on any atom is -0.497 e. The van der Waals surface area contributed by atoms with E-state index >= 15 is 0 Å². The Morgan fingerprint density at radius 1 is 1.15 bits per heavy atom. The highest BCUT2D eigenvalue weighted by Crippen LogP contribution is 2.32. The molecule has 0 fully saturated rings. The van der Waals surface area contributed by atoms with E-state index in [4.69, 9.17) is 9.47 Å². The summed E-state index contributed by atoms with van der Waals surface area (Å²) in [6, 6.07) is 8.06. The van der Waals surface area contributed by atoms with Crippen LogP contribution < -0.4 is 4.74 Å². The van der Waals surface area contributed by atoms with E-state index in [2.05, 4.69) is 32.5 Å². The third-order valence-electron chi connectivity index (χ3n) is 3.71. The Morgan fingerprint density at radius 3 is 2.40 bits per heavy atom. The van der Waals surface area contributed by atoms with Crippen LogP contribution in [0.5, 0.6) is 5.75 Å². The Balaban J connectivity index is 2.54. The van der Waals surface area contributed by atoms with Crippen molar-refractivity contribution in [3.63, 3.8) is 0 Å². The number of hydrogen-bond donors (Lipinski definition) is 1. The molecule has 2 nitrogen and oxygen atoms in total. The van der Waals surface area contributed by atoms with Gasteiger partial charge in [0.1, 0.15) is 5.75 Å². The molecule has 1 rings (SSSR count). The molecule has 0 aliphatic rings. The van der Waals surface area contributed by atoms with Crippen LogP contribution in [0.4, 0.5) is 0 Å². The van der Waals surface area contributed by atoms with Gasteiger partial charge in [0.05, 0.1) is 20.3 Å². The van der Waals surface area contributed by atoms with Crippen molar-refractivity contribution in [2.24, 2.45) is 5.41 Å². The first-order chi connectivity index (χ1) is 9.69. The Labute approximate surface area is 129 Å². The zero-order valence-corrected chi connectivity index (χ0v) is 13.9. The fourth-order valence-electron chi connectivity index (χ4n) is 2.68. The molecule has 1 aromatic rings. The van der Waals surface area contributed by atoms with Gasteiger partial charge in [0, 0.05) is 5.41 Å². The Kier molecular flexibility index (Phi) is 8.08. The molecule has 0 amide bonds. The molecular formula is C17H28O2S. The summed E-state index contributed by atoms with van der Waals surface area (Å²) in [6.45, 7) is 5.89. The average molecular weight is 296 g/mol. The van der Waals surface area contributed by atoms with E-state index in [0.717, 1.165) is 23.7 Å². The van der Waals surface area contributed by atoms with Crippen molar-refractivity contribution in [1.82, 2.24) is 0 Å². The number of hydrogen-bond acceptors (Lipinski definition) is 3. The first-order valence-electron chi connectivity index (χ1n) is 7.51. The molecule has 114 valence electrons. The Bertz CT molecular complexity index is 373. The quantitative estimate of drug-likeness (QED) is 0.629. The fraction of sp³-hybridized carbons (Fsp3) is 0.647. The molecule has 1 aromatic carbocycles. The van der Waals surface area contributed by atoms with Crippen LogP contribution in [-0.2, 0) is 11.3 Å². The third-order valence-corrected chi connectivity index (χ3v) is 4.38. The summed E-state index contributed by atoms with van der Waals surface area (Å²) in [5.41, 5.74) is 1.39. The molecule has 0 spiro atoms. The van der Waals surface area contributed by atoms with Gasteiger partial charge in [-0.3, -0.25) is 0 Å². The summed E-state index contributed by atoms with van der Waals surface area (Å²) < 4.78 is 11.2. The van der Waals surface area contributed by atoms with Crippen LogP contribution in [0.2, 0.25) is 0 Å². The number of thiol groups is 1. The first kappa shape index (κ1) is 17.4. The lowest BCUT2D eigenvalue weighted by atomic mass is 9.82. The Morgan fingerprint density at radius 2 is 1.85 bits per heavy atom. The summed E-state index contributed by atoms with van der Waals surface area (Å²) in [4.78, 5) is 0.